The zero-order valence-corrected chi connectivity index (χ0v) is 16.7. The van der Waals surface area contributed by atoms with Crippen LogP contribution in [0.2, 0.25) is 5.02 Å². The van der Waals surface area contributed by atoms with Gasteiger partial charge in [0.1, 0.15) is 18.2 Å². The van der Waals surface area contributed by atoms with Crippen LogP contribution in [0, 0.1) is 11.8 Å². The largest absolute Gasteiger partial charge is 0.492 e. The van der Waals surface area contributed by atoms with Crippen molar-refractivity contribution < 1.29 is 14.3 Å². The van der Waals surface area contributed by atoms with Gasteiger partial charge in [0, 0.05) is 18.1 Å². The number of primary amides is 1. The fourth-order valence-corrected chi connectivity index (χ4v) is 4.04. The summed E-state index contributed by atoms with van der Waals surface area (Å²) in [6, 6.07) is 9.12. The van der Waals surface area contributed by atoms with Crippen molar-refractivity contribution in [2.45, 2.75) is 19.3 Å². The number of rotatable bonds is 4. The highest BCUT2D eigenvalue weighted by Gasteiger charge is 2.27. The SMILES string of the molecule is NC(=O)C1CCCN(c2ccc(NC(=O)C3COc4ccc(Cl)cc4C3)cn2)C1. The Balaban J connectivity index is 1.37. The first-order valence-electron chi connectivity index (χ1n) is 9.72. The summed E-state index contributed by atoms with van der Waals surface area (Å²) in [4.78, 5) is 30.6. The molecule has 0 aliphatic carbocycles. The van der Waals surface area contributed by atoms with Gasteiger partial charge in [-0.2, -0.15) is 0 Å². The van der Waals surface area contributed by atoms with E-state index in [2.05, 4.69) is 15.2 Å². The fraction of sp³-hybridized carbons (Fsp3) is 0.381. The van der Waals surface area contributed by atoms with Gasteiger partial charge in [0.05, 0.1) is 23.7 Å². The number of fused-ring (bicyclic) bond motifs is 1. The number of piperidine rings is 1. The molecule has 0 radical (unpaired) electrons. The Hall–Kier alpha value is -2.80. The molecule has 0 spiro atoms. The zero-order chi connectivity index (χ0) is 20.4. The Morgan fingerprint density at radius 3 is 2.86 bits per heavy atom. The van der Waals surface area contributed by atoms with Crippen molar-refractivity contribution in [1.82, 2.24) is 4.98 Å². The van der Waals surface area contributed by atoms with Crippen molar-refractivity contribution in [2.75, 3.05) is 29.9 Å². The molecular weight excluding hydrogens is 392 g/mol. The standard InChI is InChI=1S/C21H23ClN4O3/c22-16-3-5-18-14(9-16)8-15(12-29-18)21(28)25-17-4-6-19(24-10-17)26-7-1-2-13(11-26)20(23)27/h3-6,9-10,13,15H,1-2,7-8,11-12H2,(H2,23,27)(H,25,28). The number of carbonyl (C=O) groups is 2. The van der Waals surface area contributed by atoms with Gasteiger partial charge in [-0.05, 0) is 55.2 Å². The number of anilines is 2. The number of amides is 2. The molecule has 2 aromatic rings. The molecule has 1 aromatic heterocycles. The molecule has 1 aromatic carbocycles. The average Bonchev–Trinajstić information content (AvgIpc) is 2.73. The van der Waals surface area contributed by atoms with Crippen LogP contribution >= 0.6 is 11.6 Å². The average molecular weight is 415 g/mol. The third-order valence-corrected chi connectivity index (χ3v) is 5.70. The molecular formula is C21H23ClN4O3. The second-order valence-electron chi connectivity index (χ2n) is 7.55. The smallest absolute Gasteiger partial charge is 0.231 e. The summed E-state index contributed by atoms with van der Waals surface area (Å²) in [5, 5.41) is 3.54. The zero-order valence-electron chi connectivity index (χ0n) is 15.9. The number of aromatic nitrogens is 1. The lowest BCUT2D eigenvalue weighted by Gasteiger charge is -2.32. The number of carbonyl (C=O) groups excluding carboxylic acids is 2. The van der Waals surface area contributed by atoms with Crippen LogP contribution in [0.15, 0.2) is 36.5 Å². The van der Waals surface area contributed by atoms with Gasteiger partial charge in [0.25, 0.3) is 0 Å². The van der Waals surface area contributed by atoms with Gasteiger partial charge in [0.2, 0.25) is 11.8 Å². The van der Waals surface area contributed by atoms with Gasteiger partial charge in [0.15, 0.2) is 0 Å². The van der Waals surface area contributed by atoms with E-state index in [9.17, 15) is 9.59 Å². The Morgan fingerprint density at radius 2 is 2.10 bits per heavy atom. The van der Waals surface area contributed by atoms with Crippen LogP contribution in [0.1, 0.15) is 18.4 Å². The summed E-state index contributed by atoms with van der Waals surface area (Å²) in [6.07, 6.45) is 3.93. The minimum atomic E-state index is -0.293. The minimum absolute atomic E-state index is 0.114. The van der Waals surface area contributed by atoms with Gasteiger partial charge in [-0.1, -0.05) is 11.6 Å². The molecule has 7 nitrogen and oxygen atoms in total. The molecule has 1 fully saturated rings. The molecule has 29 heavy (non-hydrogen) atoms. The number of nitrogens with two attached hydrogens (primary N) is 1. The number of hydrogen-bond donors (Lipinski definition) is 2. The third-order valence-electron chi connectivity index (χ3n) is 5.46. The number of halogens is 1. The molecule has 3 N–H and O–H groups in total. The van der Waals surface area contributed by atoms with E-state index in [4.69, 9.17) is 22.1 Å². The second-order valence-corrected chi connectivity index (χ2v) is 7.98. The summed E-state index contributed by atoms with van der Waals surface area (Å²) >= 11 is 6.04. The molecule has 2 atom stereocenters. The lowest BCUT2D eigenvalue weighted by Crippen LogP contribution is -2.41. The monoisotopic (exact) mass is 414 g/mol. The minimum Gasteiger partial charge on any atom is -0.492 e. The van der Waals surface area contributed by atoms with Crippen molar-refractivity contribution in [3.63, 3.8) is 0 Å². The normalized spacial score (nSPS) is 21.1. The maximum absolute atomic E-state index is 12.7. The summed E-state index contributed by atoms with van der Waals surface area (Å²) in [5.41, 5.74) is 7.01. The van der Waals surface area contributed by atoms with Crippen molar-refractivity contribution >= 4 is 34.9 Å². The maximum atomic E-state index is 12.7. The van der Waals surface area contributed by atoms with Gasteiger partial charge < -0.3 is 20.7 Å². The Morgan fingerprint density at radius 1 is 1.24 bits per heavy atom. The summed E-state index contributed by atoms with van der Waals surface area (Å²) < 4.78 is 5.70. The number of hydrogen-bond acceptors (Lipinski definition) is 5. The van der Waals surface area contributed by atoms with Crippen molar-refractivity contribution in [3.8, 4) is 5.75 Å². The molecule has 8 heteroatoms. The molecule has 0 bridgehead atoms. The van der Waals surface area contributed by atoms with Gasteiger partial charge in [-0.15, -0.1) is 0 Å². The topological polar surface area (TPSA) is 97.6 Å². The number of benzene rings is 1. The Bertz CT molecular complexity index is 919. The molecule has 2 amide bonds. The van der Waals surface area contributed by atoms with E-state index < -0.39 is 0 Å². The maximum Gasteiger partial charge on any atom is 0.231 e. The van der Waals surface area contributed by atoms with E-state index >= 15 is 0 Å². The Kier molecular flexibility index (Phi) is 5.58. The van der Waals surface area contributed by atoms with Gasteiger partial charge in [-0.25, -0.2) is 4.98 Å². The fourth-order valence-electron chi connectivity index (χ4n) is 3.84. The second kappa shape index (κ2) is 8.29. The summed E-state index contributed by atoms with van der Waals surface area (Å²) in [7, 11) is 0. The first-order chi connectivity index (χ1) is 14.0. The Labute approximate surface area is 174 Å². The van der Waals surface area contributed by atoms with E-state index in [0.29, 0.717) is 30.3 Å². The van der Waals surface area contributed by atoms with E-state index in [0.717, 1.165) is 36.5 Å². The van der Waals surface area contributed by atoms with Crippen LogP contribution in [-0.4, -0.2) is 36.5 Å². The van der Waals surface area contributed by atoms with E-state index in [1.807, 2.05) is 24.3 Å². The highest BCUT2D eigenvalue weighted by atomic mass is 35.5. The molecule has 3 heterocycles. The predicted octanol–water partition coefficient (Wildman–Crippen LogP) is 2.63. The van der Waals surface area contributed by atoms with Crippen LogP contribution in [0.3, 0.4) is 0 Å². The molecule has 2 aliphatic rings. The van der Waals surface area contributed by atoms with Crippen molar-refractivity contribution in [2.24, 2.45) is 17.6 Å². The summed E-state index contributed by atoms with van der Waals surface area (Å²) in [6.45, 7) is 1.74. The third kappa shape index (κ3) is 4.45. The van der Waals surface area contributed by atoms with E-state index in [1.165, 1.54) is 0 Å². The van der Waals surface area contributed by atoms with Gasteiger partial charge >= 0.3 is 0 Å². The first-order valence-corrected chi connectivity index (χ1v) is 10.1. The molecule has 2 aliphatic heterocycles. The van der Waals surface area contributed by atoms with Gasteiger partial charge in [-0.3, -0.25) is 9.59 Å². The molecule has 0 saturated carbocycles. The molecule has 2 unspecified atom stereocenters. The van der Waals surface area contributed by atoms with Crippen LogP contribution in [-0.2, 0) is 16.0 Å². The first kappa shape index (κ1) is 19.5. The van der Waals surface area contributed by atoms with Crippen molar-refractivity contribution in [1.29, 1.82) is 0 Å². The number of ether oxygens (including phenoxy) is 1. The van der Waals surface area contributed by atoms with Crippen LogP contribution < -0.4 is 20.7 Å². The van der Waals surface area contributed by atoms with E-state index in [-0.39, 0.29) is 23.7 Å². The van der Waals surface area contributed by atoms with Crippen LogP contribution in [0.4, 0.5) is 11.5 Å². The number of nitrogens with one attached hydrogen (secondary N) is 1. The number of nitrogens with zero attached hydrogens (tertiary/aromatic N) is 2. The highest BCUT2D eigenvalue weighted by Crippen LogP contribution is 2.30. The molecule has 152 valence electrons. The quantitative estimate of drug-likeness (QED) is 0.801. The highest BCUT2D eigenvalue weighted by molar-refractivity contribution is 6.30. The number of pyridine rings is 1. The van der Waals surface area contributed by atoms with Crippen LogP contribution in [0.25, 0.3) is 0 Å². The van der Waals surface area contributed by atoms with Crippen LogP contribution in [0.5, 0.6) is 5.75 Å². The van der Waals surface area contributed by atoms with Crippen molar-refractivity contribution in [3.05, 3.63) is 47.1 Å². The molecule has 4 rings (SSSR count). The summed E-state index contributed by atoms with van der Waals surface area (Å²) in [5.74, 6) is 0.735. The lowest BCUT2D eigenvalue weighted by atomic mass is 9.96. The predicted molar refractivity (Wildman–Crippen MR) is 111 cm³/mol. The van der Waals surface area contributed by atoms with E-state index in [1.54, 1.807) is 12.3 Å². The molecule has 1 saturated heterocycles. The lowest BCUT2D eigenvalue weighted by molar-refractivity contribution is -0.122.